The predicted molar refractivity (Wildman–Crippen MR) is 107 cm³/mol. The van der Waals surface area contributed by atoms with Crippen molar-refractivity contribution in [2.75, 3.05) is 26.2 Å². The van der Waals surface area contributed by atoms with E-state index in [1.165, 1.54) is 12.8 Å². The number of nitrogens with one attached hydrogen (secondary N) is 1. The average molecular weight is 375 g/mol. The SMILES string of the molecule is Cl.O=C(COc1cccc2ccccc12)N1CCC(NCC2CC2)CC1. The van der Waals surface area contributed by atoms with Crippen LogP contribution in [0.3, 0.4) is 0 Å². The Morgan fingerprint density at radius 1 is 1.04 bits per heavy atom. The summed E-state index contributed by atoms with van der Waals surface area (Å²) in [5, 5.41) is 5.84. The molecule has 0 spiro atoms. The van der Waals surface area contributed by atoms with Crippen LogP contribution in [0.2, 0.25) is 0 Å². The highest BCUT2D eigenvalue weighted by Gasteiger charge is 2.26. The fraction of sp³-hybridized carbons (Fsp3) is 0.476. The molecule has 0 aromatic heterocycles. The lowest BCUT2D eigenvalue weighted by Crippen LogP contribution is -2.46. The van der Waals surface area contributed by atoms with Gasteiger partial charge in [-0.2, -0.15) is 0 Å². The number of benzene rings is 2. The molecule has 1 saturated carbocycles. The second-order valence-corrected chi connectivity index (χ2v) is 7.27. The molecule has 4 rings (SSSR count). The standard InChI is InChI=1S/C21H26N2O2.ClH/c24-21(23-12-10-18(11-13-23)22-14-16-8-9-16)15-25-20-7-3-5-17-4-1-2-6-19(17)20;/h1-7,16,18,22H,8-15H2;1H. The second-order valence-electron chi connectivity index (χ2n) is 7.27. The maximum atomic E-state index is 12.5. The van der Waals surface area contributed by atoms with E-state index in [9.17, 15) is 4.79 Å². The fourth-order valence-corrected chi connectivity index (χ4v) is 3.54. The van der Waals surface area contributed by atoms with Gasteiger partial charge in [-0.15, -0.1) is 12.4 Å². The molecule has 0 radical (unpaired) electrons. The minimum Gasteiger partial charge on any atom is -0.483 e. The lowest BCUT2D eigenvalue weighted by Gasteiger charge is -2.32. The van der Waals surface area contributed by atoms with Gasteiger partial charge in [0.1, 0.15) is 5.75 Å². The summed E-state index contributed by atoms with van der Waals surface area (Å²) in [5.74, 6) is 1.79. The number of fused-ring (bicyclic) bond motifs is 1. The highest BCUT2D eigenvalue weighted by Crippen LogP contribution is 2.28. The molecule has 0 unspecified atom stereocenters. The summed E-state index contributed by atoms with van der Waals surface area (Å²) in [5.41, 5.74) is 0. The van der Waals surface area contributed by atoms with Crippen LogP contribution in [0.1, 0.15) is 25.7 Å². The molecule has 140 valence electrons. The Hall–Kier alpha value is -1.78. The van der Waals surface area contributed by atoms with Crippen LogP contribution in [0, 0.1) is 5.92 Å². The zero-order valence-corrected chi connectivity index (χ0v) is 15.8. The van der Waals surface area contributed by atoms with Gasteiger partial charge in [0.25, 0.3) is 5.91 Å². The summed E-state index contributed by atoms with van der Waals surface area (Å²) in [6.45, 7) is 2.94. The maximum Gasteiger partial charge on any atom is 0.260 e. The van der Waals surface area contributed by atoms with E-state index in [0.29, 0.717) is 6.04 Å². The van der Waals surface area contributed by atoms with Crippen molar-refractivity contribution in [1.29, 1.82) is 0 Å². The summed E-state index contributed by atoms with van der Waals surface area (Å²) >= 11 is 0. The number of rotatable bonds is 6. The number of ether oxygens (including phenoxy) is 1. The van der Waals surface area contributed by atoms with Gasteiger partial charge in [0.2, 0.25) is 0 Å². The van der Waals surface area contributed by atoms with Gasteiger partial charge in [-0.3, -0.25) is 4.79 Å². The Bertz CT molecular complexity index is 734. The van der Waals surface area contributed by atoms with Crippen molar-refractivity contribution in [3.8, 4) is 5.75 Å². The summed E-state index contributed by atoms with van der Waals surface area (Å²) in [4.78, 5) is 14.4. The first-order valence-electron chi connectivity index (χ1n) is 9.41. The second kappa shape index (κ2) is 8.74. The van der Waals surface area contributed by atoms with Gasteiger partial charge in [0.05, 0.1) is 0 Å². The first-order chi connectivity index (χ1) is 12.3. The van der Waals surface area contributed by atoms with Crippen LogP contribution in [0.5, 0.6) is 5.75 Å². The van der Waals surface area contributed by atoms with E-state index in [2.05, 4.69) is 17.4 Å². The molecule has 2 fully saturated rings. The van der Waals surface area contributed by atoms with E-state index in [1.807, 2.05) is 35.2 Å². The predicted octanol–water partition coefficient (Wildman–Crippen LogP) is 3.63. The summed E-state index contributed by atoms with van der Waals surface area (Å²) < 4.78 is 5.84. The third-order valence-corrected chi connectivity index (χ3v) is 5.34. The molecule has 1 amide bonds. The van der Waals surface area contributed by atoms with Gasteiger partial charge in [0.15, 0.2) is 6.61 Å². The van der Waals surface area contributed by atoms with Crippen molar-refractivity contribution in [3.05, 3.63) is 42.5 Å². The van der Waals surface area contributed by atoms with Gasteiger partial charge < -0.3 is 15.0 Å². The molecule has 1 heterocycles. The van der Waals surface area contributed by atoms with E-state index in [-0.39, 0.29) is 24.9 Å². The average Bonchev–Trinajstić information content (AvgIpc) is 3.49. The Balaban J connectivity index is 0.00000196. The summed E-state index contributed by atoms with van der Waals surface area (Å²) in [6, 6.07) is 14.6. The van der Waals surface area contributed by atoms with Crippen LogP contribution < -0.4 is 10.1 Å². The Morgan fingerprint density at radius 2 is 1.77 bits per heavy atom. The van der Waals surface area contributed by atoms with E-state index < -0.39 is 0 Å². The number of carbonyl (C=O) groups is 1. The number of halogens is 1. The Labute approximate surface area is 161 Å². The lowest BCUT2D eigenvalue weighted by atomic mass is 10.0. The van der Waals surface area contributed by atoms with Crippen LogP contribution in [0.25, 0.3) is 10.8 Å². The highest BCUT2D eigenvalue weighted by atomic mass is 35.5. The molecule has 4 nitrogen and oxygen atoms in total. The maximum absolute atomic E-state index is 12.5. The molecule has 2 aromatic carbocycles. The quantitative estimate of drug-likeness (QED) is 0.839. The van der Waals surface area contributed by atoms with Gasteiger partial charge in [-0.25, -0.2) is 0 Å². The van der Waals surface area contributed by atoms with Crippen molar-refractivity contribution in [2.45, 2.75) is 31.7 Å². The molecule has 1 saturated heterocycles. The summed E-state index contributed by atoms with van der Waals surface area (Å²) in [6.07, 6.45) is 4.87. The van der Waals surface area contributed by atoms with Crippen LogP contribution in [-0.2, 0) is 4.79 Å². The molecule has 1 N–H and O–H groups in total. The monoisotopic (exact) mass is 374 g/mol. The minimum atomic E-state index is 0. The van der Waals surface area contributed by atoms with Gasteiger partial charge in [0, 0.05) is 24.5 Å². The fourth-order valence-electron chi connectivity index (χ4n) is 3.54. The van der Waals surface area contributed by atoms with E-state index in [0.717, 1.165) is 54.9 Å². The van der Waals surface area contributed by atoms with E-state index >= 15 is 0 Å². The molecule has 0 atom stereocenters. The van der Waals surface area contributed by atoms with Crippen LogP contribution in [-0.4, -0.2) is 43.1 Å². The largest absolute Gasteiger partial charge is 0.483 e. The highest BCUT2D eigenvalue weighted by molar-refractivity contribution is 5.88. The molecule has 5 heteroatoms. The lowest BCUT2D eigenvalue weighted by molar-refractivity contribution is -0.134. The van der Waals surface area contributed by atoms with Crippen molar-refractivity contribution in [2.24, 2.45) is 5.92 Å². The zero-order valence-electron chi connectivity index (χ0n) is 15.0. The number of nitrogens with zero attached hydrogens (tertiary/aromatic N) is 1. The van der Waals surface area contributed by atoms with Gasteiger partial charge >= 0.3 is 0 Å². The molecule has 0 bridgehead atoms. The number of amides is 1. The Morgan fingerprint density at radius 3 is 2.54 bits per heavy atom. The molecule has 1 aliphatic heterocycles. The number of carbonyl (C=O) groups excluding carboxylic acids is 1. The molecule has 2 aliphatic rings. The van der Waals surface area contributed by atoms with E-state index in [4.69, 9.17) is 4.74 Å². The van der Waals surface area contributed by atoms with Crippen molar-refractivity contribution in [1.82, 2.24) is 10.2 Å². The van der Waals surface area contributed by atoms with Crippen molar-refractivity contribution in [3.63, 3.8) is 0 Å². The number of piperidine rings is 1. The summed E-state index contributed by atoms with van der Waals surface area (Å²) in [7, 11) is 0. The van der Waals surface area contributed by atoms with Crippen molar-refractivity contribution >= 4 is 29.1 Å². The molecular formula is C21H27ClN2O2. The van der Waals surface area contributed by atoms with Gasteiger partial charge in [-0.1, -0.05) is 36.4 Å². The first-order valence-corrected chi connectivity index (χ1v) is 9.41. The third kappa shape index (κ3) is 4.68. The van der Waals surface area contributed by atoms with Gasteiger partial charge in [-0.05, 0) is 49.6 Å². The minimum absolute atomic E-state index is 0. The van der Waals surface area contributed by atoms with Crippen LogP contribution in [0.4, 0.5) is 0 Å². The number of likely N-dealkylation sites (tertiary alicyclic amines) is 1. The zero-order chi connectivity index (χ0) is 17.1. The van der Waals surface area contributed by atoms with E-state index in [1.54, 1.807) is 0 Å². The molecular weight excluding hydrogens is 348 g/mol. The molecule has 2 aromatic rings. The Kier molecular flexibility index (Phi) is 6.38. The van der Waals surface area contributed by atoms with Crippen molar-refractivity contribution < 1.29 is 9.53 Å². The molecule has 1 aliphatic carbocycles. The third-order valence-electron chi connectivity index (χ3n) is 5.34. The van der Waals surface area contributed by atoms with Crippen LogP contribution in [0.15, 0.2) is 42.5 Å². The topological polar surface area (TPSA) is 41.6 Å². The van der Waals surface area contributed by atoms with Crippen LogP contribution >= 0.6 is 12.4 Å². The number of hydrogen-bond acceptors (Lipinski definition) is 3. The normalized spacial score (nSPS) is 17.8. The first kappa shape index (κ1) is 19.0. The number of hydrogen-bond donors (Lipinski definition) is 1. The molecule has 26 heavy (non-hydrogen) atoms. The smallest absolute Gasteiger partial charge is 0.260 e.